The van der Waals surface area contributed by atoms with E-state index < -0.39 is 18.9 Å². The van der Waals surface area contributed by atoms with Crippen molar-refractivity contribution in [2.24, 2.45) is 5.73 Å². The summed E-state index contributed by atoms with van der Waals surface area (Å²) in [5.41, 5.74) is 6.01. The first-order chi connectivity index (χ1) is 7.17. The van der Waals surface area contributed by atoms with Crippen LogP contribution in [0.5, 0.6) is 0 Å². The number of primary amides is 1. The van der Waals surface area contributed by atoms with Crippen LogP contribution in [-0.4, -0.2) is 17.9 Å². The number of alkyl halides is 1. The molecule has 0 bridgehead atoms. The van der Waals surface area contributed by atoms with E-state index in [9.17, 15) is 9.18 Å². The fourth-order valence-electron chi connectivity index (χ4n) is 1.17. The maximum atomic E-state index is 12.5. The number of nitrogens with two attached hydrogens (primary N) is 1. The molecule has 1 atom stereocenters. The standard InChI is InChI=1S/C10H12FNO3/c11-5-9(15-10(12)14)8-3-1-7(6-13)2-4-8/h1-4,9,13H,5-6H2,(H2,12,14). The Bertz CT molecular complexity index is 326. The van der Waals surface area contributed by atoms with Crippen LogP contribution in [0.4, 0.5) is 9.18 Å². The average molecular weight is 213 g/mol. The summed E-state index contributed by atoms with van der Waals surface area (Å²) >= 11 is 0. The van der Waals surface area contributed by atoms with Crippen LogP contribution in [0.25, 0.3) is 0 Å². The number of amides is 1. The Kier molecular flexibility index (Phi) is 4.05. The summed E-state index contributed by atoms with van der Waals surface area (Å²) in [6.45, 7) is -0.918. The number of hydrogen-bond acceptors (Lipinski definition) is 3. The third kappa shape index (κ3) is 3.21. The number of hydrogen-bond donors (Lipinski definition) is 2. The van der Waals surface area contributed by atoms with Gasteiger partial charge in [0.2, 0.25) is 0 Å². The Morgan fingerprint density at radius 3 is 2.47 bits per heavy atom. The Labute approximate surface area is 86.5 Å². The van der Waals surface area contributed by atoms with Crippen LogP contribution in [0.1, 0.15) is 17.2 Å². The van der Waals surface area contributed by atoms with Gasteiger partial charge in [-0.25, -0.2) is 9.18 Å². The van der Waals surface area contributed by atoms with Gasteiger partial charge in [-0.3, -0.25) is 0 Å². The van der Waals surface area contributed by atoms with Gasteiger partial charge in [0.1, 0.15) is 6.67 Å². The first kappa shape index (κ1) is 11.5. The second kappa shape index (κ2) is 5.31. The predicted molar refractivity (Wildman–Crippen MR) is 51.7 cm³/mol. The van der Waals surface area contributed by atoms with E-state index in [1.54, 1.807) is 24.3 Å². The molecule has 0 saturated heterocycles. The van der Waals surface area contributed by atoms with E-state index in [1.807, 2.05) is 0 Å². The van der Waals surface area contributed by atoms with Gasteiger partial charge in [0.25, 0.3) is 0 Å². The van der Waals surface area contributed by atoms with E-state index in [4.69, 9.17) is 10.8 Å². The molecule has 0 radical (unpaired) electrons. The van der Waals surface area contributed by atoms with Crippen molar-refractivity contribution in [1.29, 1.82) is 0 Å². The highest BCUT2D eigenvalue weighted by molar-refractivity contribution is 5.65. The fourth-order valence-corrected chi connectivity index (χ4v) is 1.17. The first-order valence-electron chi connectivity index (χ1n) is 4.39. The lowest BCUT2D eigenvalue weighted by molar-refractivity contribution is 0.0891. The van der Waals surface area contributed by atoms with Crippen molar-refractivity contribution in [2.75, 3.05) is 6.67 Å². The monoisotopic (exact) mass is 213 g/mol. The van der Waals surface area contributed by atoms with Crippen LogP contribution in [0, 0.1) is 0 Å². The Morgan fingerprint density at radius 2 is 2.07 bits per heavy atom. The molecular formula is C10H12FNO3. The number of halogens is 1. The van der Waals surface area contributed by atoms with Gasteiger partial charge in [-0.15, -0.1) is 0 Å². The molecule has 0 aliphatic heterocycles. The number of carbonyl (C=O) groups is 1. The maximum absolute atomic E-state index is 12.5. The van der Waals surface area contributed by atoms with Gasteiger partial charge in [-0.2, -0.15) is 0 Å². The third-order valence-electron chi connectivity index (χ3n) is 1.93. The highest BCUT2D eigenvalue weighted by Gasteiger charge is 2.14. The van der Waals surface area contributed by atoms with Crippen LogP contribution >= 0.6 is 0 Å². The largest absolute Gasteiger partial charge is 0.439 e. The molecule has 0 aliphatic rings. The molecule has 0 heterocycles. The van der Waals surface area contributed by atoms with Gasteiger partial charge >= 0.3 is 6.09 Å². The number of aliphatic hydroxyl groups excluding tert-OH is 1. The summed E-state index contributed by atoms with van der Waals surface area (Å²) < 4.78 is 17.1. The Balaban J connectivity index is 2.78. The average Bonchev–Trinajstić information content (AvgIpc) is 2.26. The third-order valence-corrected chi connectivity index (χ3v) is 1.93. The van der Waals surface area contributed by atoms with E-state index in [0.29, 0.717) is 11.1 Å². The number of ether oxygens (including phenoxy) is 1. The van der Waals surface area contributed by atoms with Gasteiger partial charge in [-0.1, -0.05) is 24.3 Å². The summed E-state index contributed by atoms with van der Waals surface area (Å²) in [6, 6.07) is 6.42. The summed E-state index contributed by atoms with van der Waals surface area (Å²) in [7, 11) is 0. The summed E-state index contributed by atoms with van der Waals surface area (Å²) in [5, 5.41) is 8.79. The topological polar surface area (TPSA) is 72.6 Å². The lowest BCUT2D eigenvalue weighted by atomic mass is 10.1. The summed E-state index contributed by atoms with van der Waals surface area (Å²) in [6.07, 6.45) is -1.99. The van der Waals surface area contributed by atoms with Gasteiger partial charge < -0.3 is 15.6 Å². The molecular weight excluding hydrogens is 201 g/mol. The van der Waals surface area contributed by atoms with Gasteiger partial charge in [0, 0.05) is 0 Å². The van der Waals surface area contributed by atoms with Crippen molar-refractivity contribution >= 4 is 6.09 Å². The molecule has 4 nitrogen and oxygen atoms in total. The van der Waals surface area contributed by atoms with E-state index in [0.717, 1.165) is 0 Å². The van der Waals surface area contributed by atoms with Crippen LogP contribution in [0.2, 0.25) is 0 Å². The summed E-state index contributed by atoms with van der Waals surface area (Å²) in [4.78, 5) is 10.5. The van der Waals surface area contributed by atoms with Gasteiger partial charge in [-0.05, 0) is 11.1 Å². The van der Waals surface area contributed by atoms with E-state index in [2.05, 4.69) is 4.74 Å². The molecule has 1 unspecified atom stereocenters. The van der Waals surface area contributed by atoms with Gasteiger partial charge in [0.05, 0.1) is 6.61 Å². The molecule has 0 fully saturated rings. The Morgan fingerprint density at radius 1 is 1.47 bits per heavy atom. The zero-order valence-electron chi connectivity index (χ0n) is 8.02. The van der Waals surface area contributed by atoms with Crippen LogP contribution in [-0.2, 0) is 11.3 Å². The molecule has 82 valence electrons. The second-order valence-corrected chi connectivity index (χ2v) is 2.98. The number of aliphatic hydroxyl groups is 1. The minimum absolute atomic E-state index is 0.0861. The SMILES string of the molecule is NC(=O)OC(CF)c1ccc(CO)cc1. The minimum atomic E-state index is -1.01. The van der Waals surface area contributed by atoms with Gasteiger partial charge in [0.15, 0.2) is 6.10 Å². The highest BCUT2D eigenvalue weighted by atomic mass is 19.1. The molecule has 0 aliphatic carbocycles. The molecule has 0 saturated carbocycles. The molecule has 0 aromatic heterocycles. The van der Waals surface area contributed by atoms with Crippen molar-refractivity contribution in [3.8, 4) is 0 Å². The molecule has 0 spiro atoms. The highest BCUT2D eigenvalue weighted by Crippen LogP contribution is 2.18. The van der Waals surface area contributed by atoms with Crippen molar-refractivity contribution in [1.82, 2.24) is 0 Å². The van der Waals surface area contributed by atoms with Crippen molar-refractivity contribution in [3.05, 3.63) is 35.4 Å². The second-order valence-electron chi connectivity index (χ2n) is 2.98. The fraction of sp³-hybridized carbons (Fsp3) is 0.300. The quantitative estimate of drug-likeness (QED) is 0.791. The smallest absolute Gasteiger partial charge is 0.405 e. The molecule has 1 rings (SSSR count). The normalized spacial score (nSPS) is 12.1. The molecule has 1 aromatic carbocycles. The van der Waals surface area contributed by atoms with E-state index >= 15 is 0 Å². The molecule has 1 aromatic rings. The minimum Gasteiger partial charge on any atom is -0.439 e. The maximum Gasteiger partial charge on any atom is 0.405 e. The lowest BCUT2D eigenvalue weighted by Crippen LogP contribution is -2.18. The molecule has 15 heavy (non-hydrogen) atoms. The lowest BCUT2D eigenvalue weighted by Gasteiger charge is -2.13. The van der Waals surface area contributed by atoms with E-state index in [-0.39, 0.29) is 6.61 Å². The van der Waals surface area contributed by atoms with E-state index in [1.165, 1.54) is 0 Å². The van der Waals surface area contributed by atoms with Crippen LogP contribution in [0.3, 0.4) is 0 Å². The zero-order chi connectivity index (χ0) is 11.3. The number of carbonyl (C=O) groups excluding carboxylic acids is 1. The summed E-state index contributed by atoms with van der Waals surface area (Å²) in [5.74, 6) is 0. The van der Waals surface area contributed by atoms with Crippen LogP contribution in [0.15, 0.2) is 24.3 Å². The molecule has 5 heteroatoms. The molecule has 3 N–H and O–H groups in total. The predicted octanol–water partition coefficient (Wildman–Crippen LogP) is 1.28. The zero-order valence-corrected chi connectivity index (χ0v) is 8.02. The Hall–Kier alpha value is -1.62. The first-order valence-corrected chi connectivity index (χ1v) is 4.39. The van der Waals surface area contributed by atoms with Crippen LogP contribution < -0.4 is 5.73 Å². The molecule has 1 amide bonds. The number of benzene rings is 1. The van der Waals surface area contributed by atoms with Crippen molar-refractivity contribution in [3.63, 3.8) is 0 Å². The van der Waals surface area contributed by atoms with Crippen molar-refractivity contribution < 1.29 is 19.0 Å². The number of rotatable bonds is 4. The van der Waals surface area contributed by atoms with Crippen molar-refractivity contribution in [2.45, 2.75) is 12.7 Å².